The maximum atomic E-state index is 14.4. The van der Waals surface area contributed by atoms with E-state index in [1.165, 1.54) is 11.8 Å². The van der Waals surface area contributed by atoms with E-state index < -0.39 is 28.5 Å². The Kier molecular flexibility index (Phi) is 10.3. The minimum atomic E-state index is -3.89. The van der Waals surface area contributed by atoms with Gasteiger partial charge < -0.3 is 19.7 Å². The molecule has 0 aromatic heterocycles. The van der Waals surface area contributed by atoms with Crippen LogP contribution in [0.5, 0.6) is 11.5 Å². The van der Waals surface area contributed by atoms with Crippen LogP contribution in [0.25, 0.3) is 0 Å². The summed E-state index contributed by atoms with van der Waals surface area (Å²) < 4.78 is 38.8. The summed E-state index contributed by atoms with van der Waals surface area (Å²) >= 11 is 6.15. The number of hydrogen-bond acceptors (Lipinski definition) is 6. The van der Waals surface area contributed by atoms with E-state index in [2.05, 4.69) is 5.32 Å². The number of fused-ring (bicyclic) bond motifs is 1. The zero-order valence-electron chi connectivity index (χ0n) is 24.8. The topological polar surface area (TPSA) is 105 Å². The first-order chi connectivity index (χ1) is 21.2. The number of carbonyl (C=O) groups is 2. The summed E-state index contributed by atoms with van der Waals surface area (Å²) in [6.07, 6.45) is 5.27. The molecule has 3 aromatic rings. The van der Waals surface area contributed by atoms with Crippen molar-refractivity contribution in [3.8, 4) is 11.5 Å². The van der Waals surface area contributed by atoms with Crippen molar-refractivity contribution in [1.29, 1.82) is 0 Å². The summed E-state index contributed by atoms with van der Waals surface area (Å²) in [6.45, 7) is 1.16. The minimum Gasteiger partial charge on any atom is -0.454 e. The Labute approximate surface area is 264 Å². The van der Waals surface area contributed by atoms with Gasteiger partial charge in [-0.1, -0.05) is 73.3 Å². The number of hydrogen-bond donors (Lipinski definition) is 1. The zero-order valence-corrected chi connectivity index (χ0v) is 26.4. The summed E-state index contributed by atoms with van der Waals surface area (Å²) in [5.74, 6) is -0.0780. The van der Waals surface area contributed by atoms with Gasteiger partial charge in [-0.25, -0.2) is 8.42 Å². The van der Waals surface area contributed by atoms with Gasteiger partial charge in [-0.15, -0.1) is 0 Å². The van der Waals surface area contributed by atoms with Gasteiger partial charge in [-0.05, 0) is 55.2 Å². The number of anilines is 1. The molecule has 1 saturated carbocycles. The Morgan fingerprint density at radius 1 is 0.932 bits per heavy atom. The first kappa shape index (κ1) is 31.7. The van der Waals surface area contributed by atoms with Crippen LogP contribution in [0, 0.1) is 0 Å². The van der Waals surface area contributed by atoms with Crippen molar-refractivity contribution in [2.24, 2.45) is 0 Å². The smallest absolute Gasteiger partial charge is 0.244 e. The second kappa shape index (κ2) is 14.3. The molecule has 0 bridgehead atoms. The lowest BCUT2D eigenvalue weighted by molar-refractivity contribution is -0.140. The van der Waals surface area contributed by atoms with Crippen LogP contribution in [0.1, 0.15) is 50.2 Å². The van der Waals surface area contributed by atoms with E-state index in [-0.39, 0.29) is 43.1 Å². The van der Waals surface area contributed by atoms with Gasteiger partial charge in [0.05, 0.1) is 11.4 Å². The van der Waals surface area contributed by atoms with Gasteiger partial charge in [0.2, 0.25) is 28.6 Å². The first-order valence-corrected chi connectivity index (χ1v) is 17.0. The van der Waals surface area contributed by atoms with Gasteiger partial charge >= 0.3 is 0 Å². The number of amides is 2. The van der Waals surface area contributed by atoms with E-state index in [0.717, 1.165) is 47.5 Å². The van der Waals surface area contributed by atoms with Crippen molar-refractivity contribution >= 4 is 39.1 Å². The van der Waals surface area contributed by atoms with E-state index in [4.69, 9.17) is 21.1 Å². The fourth-order valence-electron chi connectivity index (χ4n) is 5.64. The molecule has 234 valence electrons. The molecule has 11 heteroatoms. The molecule has 0 radical (unpaired) electrons. The zero-order chi connectivity index (χ0) is 31.1. The number of carbonyl (C=O) groups excluding carboxylic acids is 2. The number of sulfonamides is 1. The standard InChI is InChI=1S/C33H38ClN3O6S/c1-2-44(40,41)37(28-17-18-30-31(20-28)43-23-42-30)22-32(38)36(21-25-13-15-26(34)16-14-25)29(19-24-9-5-3-6-10-24)33(39)35-27-11-7-4-8-12-27/h3,5-6,9-10,13-18,20,27,29H,2,4,7-8,11-12,19,21-23H2,1H3,(H,35,39)/t29-/m1/s1. The van der Waals surface area contributed by atoms with Crippen molar-refractivity contribution in [2.45, 2.75) is 64.1 Å². The summed E-state index contributed by atoms with van der Waals surface area (Å²) in [5, 5.41) is 3.75. The Morgan fingerprint density at radius 2 is 1.64 bits per heavy atom. The van der Waals surface area contributed by atoms with Crippen LogP contribution < -0.4 is 19.1 Å². The van der Waals surface area contributed by atoms with Crippen LogP contribution in [0.2, 0.25) is 5.02 Å². The third-order valence-corrected chi connectivity index (χ3v) is 10.1. The average molecular weight is 640 g/mol. The van der Waals surface area contributed by atoms with E-state index in [1.54, 1.807) is 42.5 Å². The number of rotatable bonds is 12. The lowest BCUT2D eigenvalue weighted by Crippen LogP contribution is -2.55. The second-order valence-electron chi connectivity index (χ2n) is 11.1. The molecule has 0 unspecified atom stereocenters. The molecule has 0 spiro atoms. The highest BCUT2D eigenvalue weighted by Gasteiger charge is 2.35. The Bertz CT molecular complexity index is 1550. The van der Waals surface area contributed by atoms with Gasteiger partial charge in [0.1, 0.15) is 12.6 Å². The summed E-state index contributed by atoms with van der Waals surface area (Å²) in [5.41, 5.74) is 1.93. The van der Waals surface area contributed by atoms with Crippen LogP contribution in [-0.2, 0) is 32.6 Å². The van der Waals surface area contributed by atoms with Crippen LogP contribution in [0.15, 0.2) is 72.8 Å². The number of nitrogens with one attached hydrogen (secondary N) is 1. The molecule has 1 heterocycles. The largest absolute Gasteiger partial charge is 0.454 e. The highest BCUT2D eigenvalue weighted by atomic mass is 35.5. The number of halogens is 1. The van der Waals surface area contributed by atoms with Gasteiger partial charge in [0, 0.05) is 30.1 Å². The first-order valence-electron chi connectivity index (χ1n) is 15.0. The predicted molar refractivity (Wildman–Crippen MR) is 170 cm³/mol. The molecule has 1 aliphatic heterocycles. The van der Waals surface area contributed by atoms with Crippen LogP contribution in [-0.4, -0.2) is 56.3 Å². The van der Waals surface area contributed by atoms with E-state index in [0.29, 0.717) is 16.5 Å². The fraction of sp³-hybridized carbons (Fsp3) is 0.394. The Morgan fingerprint density at radius 3 is 2.34 bits per heavy atom. The number of benzene rings is 3. The van der Waals surface area contributed by atoms with Crippen molar-refractivity contribution in [1.82, 2.24) is 10.2 Å². The van der Waals surface area contributed by atoms with Crippen molar-refractivity contribution in [3.63, 3.8) is 0 Å². The molecule has 3 aromatic carbocycles. The van der Waals surface area contributed by atoms with Crippen molar-refractivity contribution < 1.29 is 27.5 Å². The van der Waals surface area contributed by atoms with Crippen LogP contribution >= 0.6 is 11.6 Å². The lowest BCUT2D eigenvalue weighted by atomic mass is 9.94. The van der Waals surface area contributed by atoms with Crippen LogP contribution in [0.4, 0.5) is 5.69 Å². The van der Waals surface area contributed by atoms with Crippen molar-refractivity contribution in [3.05, 3.63) is 88.9 Å². The number of nitrogens with zero attached hydrogens (tertiary/aromatic N) is 2. The van der Waals surface area contributed by atoms with E-state index >= 15 is 0 Å². The third kappa shape index (κ3) is 7.84. The van der Waals surface area contributed by atoms with E-state index in [9.17, 15) is 18.0 Å². The van der Waals surface area contributed by atoms with Gasteiger partial charge in [-0.3, -0.25) is 13.9 Å². The third-order valence-electron chi connectivity index (χ3n) is 8.11. The lowest BCUT2D eigenvalue weighted by Gasteiger charge is -2.35. The normalized spacial score (nSPS) is 15.4. The van der Waals surface area contributed by atoms with E-state index in [1.807, 2.05) is 30.3 Å². The SMILES string of the molecule is CCS(=O)(=O)N(CC(=O)N(Cc1ccc(Cl)cc1)[C@H](Cc1ccccc1)C(=O)NC1CCCCC1)c1ccc2c(c1)OCO2. The summed E-state index contributed by atoms with van der Waals surface area (Å²) in [6, 6.07) is 20.5. The quantitative estimate of drug-likeness (QED) is 0.288. The van der Waals surface area contributed by atoms with Gasteiger partial charge in [0.15, 0.2) is 11.5 Å². The molecular weight excluding hydrogens is 602 g/mol. The highest BCUT2D eigenvalue weighted by molar-refractivity contribution is 7.92. The molecule has 0 saturated heterocycles. The molecule has 5 rings (SSSR count). The van der Waals surface area contributed by atoms with Gasteiger partial charge in [0.25, 0.3) is 0 Å². The molecular formula is C33H38ClN3O6S. The minimum absolute atomic E-state index is 0.0321. The Balaban J connectivity index is 1.51. The molecule has 1 aliphatic carbocycles. The van der Waals surface area contributed by atoms with Gasteiger partial charge in [-0.2, -0.15) is 0 Å². The summed E-state index contributed by atoms with van der Waals surface area (Å²) in [7, 11) is -3.89. The molecule has 44 heavy (non-hydrogen) atoms. The average Bonchev–Trinajstić information content (AvgIpc) is 3.51. The van der Waals surface area contributed by atoms with Crippen molar-refractivity contribution in [2.75, 3.05) is 23.4 Å². The maximum absolute atomic E-state index is 14.4. The molecule has 2 amide bonds. The molecule has 2 aliphatic rings. The molecule has 9 nitrogen and oxygen atoms in total. The molecule has 1 N–H and O–H groups in total. The maximum Gasteiger partial charge on any atom is 0.244 e. The highest BCUT2D eigenvalue weighted by Crippen LogP contribution is 2.36. The van der Waals surface area contributed by atoms with Crippen LogP contribution in [0.3, 0.4) is 0 Å². The predicted octanol–water partition coefficient (Wildman–Crippen LogP) is 5.31. The Hall–Kier alpha value is -3.76. The summed E-state index contributed by atoms with van der Waals surface area (Å²) in [4.78, 5) is 29.9. The number of ether oxygens (including phenoxy) is 2. The molecule has 1 atom stereocenters. The monoisotopic (exact) mass is 639 g/mol. The molecule has 1 fully saturated rings. The second-order valence-corrected chi connectivity index (χ2v) is 13.8. The fourth-order valence-corrected chi connectivity index (χ4v) is 6.82.